The van der Waals surface area contributed by atoms with Gasteiger partial charge in [0.15, 0.2) is 0 Å². The van der Waals surface area contributed by atoms with Gasteiger partial charge >= 0.3 is 0 Å². The molecular weight excluding hydrogens is 297 g/mol. The van der Waals surface area contributed by atoms with E-state index in [1.807, 2.05) is 13.8 Å². The van der Waals surface area contributed by atoms with Gasteiger partial charge in [0.25, 0.3) is 5.91 Å². The molecule has 1 N–H and O–H groups in total. The molecule has 1 unspecified atom stereocenters. The van der Waals surface area contributed by atoms with E-state index in [2.05, 4.69) is 15.3 Å². The average molecular weight is 310 g/mol. The summed E-state index contributed by atoms with van der Waals surface area (Å²) in [7, 11) is 0. The largest absolute Gasteiger partial charge is 0.344 e. The molecule has 0 aliphatic carbocycles. The van der Waals surface area contributed by atoms with Crippen LogP contribution in [0.5, 0.6) is 0 Å². The third-order valence-electron chi connectivity index (χ3n) is 2.77. The highest BCUT2D eigenvalue weighted by Crippen LogP contribution is 2.23. The van der Waals surface area contributed by atoms with Crippen LogP contribution in [0.15, 0.2) is 30.6 Å². The van der Waals surface area contributed by atoms with Gasteiger partial charge in [0, 0.05) is 18.1 Å². The lowest BCUT2D eigenvalue weighted by Crippen LogP contribution is -2.27. The summed E-state index contributed by atoms with van der Waals surface area (Å²) in [6.45, 7) is 3.67. The van der Waals surface area contributed by atoms with Crippen molar-refractivity contribution >= 4 is 29.1 Å². The molecule has 0 saturated heterocycles. The Morgan fingerprint density at radius 1 is 1.25 bits per heavy atom. The van der Waals surface area contributed by atoms with E-state index >= 15 is 0 Å². The monoisotopic (exact) mass is 309 g/mol. The molecule has 2 aromatic heterocycles. The van der Waals surface area contributed by atoms with Gasteiger partial charge in [-0.25, -0.2) is 0 Å². The summed E-state index contributed by atoms with van der Waals surface area (Å²) in [5, 5.41) is 3.71. The van der Waals surface area contributed by atoms with Crippen LogP contribution in [0.3, 0.4) is 0 Å². The number of aromatic nitrogens is 2. The number of carbonyl (C=O) groups excluding carboxylic acids is 1. The summed E-state index contributed by atoms with van der Waals surface area (Å²) in [4.78, 5) is 20.3. The van der Waals surface area contributed by atoms with Crippen molar-refractivity contribution in [2.45, 2.75) is 19.9 Å². The van der Waals surface area contributed by atoms with Gasteiger partial charge in [0.1, 0.15) is 0 Å². The highest BCUT2D eigenvalue weighted by atomic mass is 35.5. The summed E-state index contributed by atoms with van der Waals surface area (Å²) in [5.74, 6) is -0.224. The first-order valence-electron chi connectivity index (χ1n) is 6.02. The quantitative estimate of drug-likeness (QED) is 0.942. The molecule has 6 heteroatoms. The summed E-state index contributed by atoms with van der Waals surface area (Å²) >= 11 is 11.9. The molecule has 0 aliphatic heterocycles. The lowest BCUT2D eigenvalue weighted by molar-refractivity contribution is 0.0939. The third kappa shape index (κ3) is 3.46. The fraction of sp³-hybridized carbons (Fsp3) is 0.214. The van der Waals surface area contributed by atoms with Crippen LogP contribution in [0, 0.1) is 6.92 Å². The van der Waals surface area contributed by atoms with Crippen LogP contribution in [-0.4, -0.2) is 15.9 Å². The Hall–Kier alpha value is -1.65. The van der Waals surface area contributed by atoms with E-state index in [0.29, 0.717) is 21.3 Å². The average Bonchev–Trinajstić information content (AvgIpc) is 2.39. The van der Waals surface area contributed by atoms with Crippen molar-refractivity contribution in [3.8, 4) is 0 Å². The Kier molecular flexibility index (Phi) is 4.57. The lowest BCUT2D eigenvalue weighted by Gasteiger charge is -2.14. The summed E-state index contributed by atoms with van der Waals surface area (Å²) in [6.07, 6.45) is 3.03. The molecule has 0 bridgehead atoms. The number of halogens is 2. The number of aryl methyl sites for hydroxylation is 1. The standard InChI is InChI=1S/C14H13Cl2N3O/c1-8-3-4-10(6-17-8)14(20)19-9(2)13-12(16)5-11(15)7-18-13/h3-7,9H,1-2H3,(H,19,20). The van der Waals surface area contributed by atoms with Crippen LogP contribution in [0.4, 0.5) is 0 Å². The minimum absolute atomic E-state index is 0.224. The Morgan fingerprint density at radius 2 is 2.00 bits per heavy atom. The van der Waals surface area contributed by atoms with E-state index < -0.39 is 0 Å². The number of nitrogens with one attached hydrogen (secondary N) is 1. The van der Waals surface area contributed by atoms with E-state index in [9.17, 15) is 4.79 Å². The molecule has 0 aromatic carbocycles. The molecule has 0 fully saturated rings. The lowest BCUT2D eigenvalue weighted by atomic mass is 10.2. The predicted molar refractivity (Wildman–Crippen MR) is 79.1 cm³/mol. The number of pyridine rings is 2. The Balaban J connectivity index is 2.12. The number of amides is 1. The first-order chi connectivity index (χ1) is 9.47. The molecule has 1 atom stereocenters. The molecule has 20 heavy (non-hydrogen) atoms. The van der Waals surface area contributed by atoms with Crippen LogP contribution in [0.2, 0.25) is 10.0 Å². The maximum absolute atomic E-state index is 12.1. The summed E-state index contributed by atoms with van der Waals surface area (Å²) < 4.78 is 0. The molecule has 1 amide bonds. The molecule has 0 spiro atoms. The molecule has 0 saturated carbocycles. The van der Waals surface area contributed by atoms with Crippen LogP contribution in [0.1, 0.15) is 34.7 Å². The van der Waals surface area contributed by atoms with Crippen LogP contribution < -0.4 is 5.32 Å². The van der Waals surface area contributed by atoms with Crippen molar-refractivity contribution in [2.75, 3.05) is 0 Å². The zero-order valence-electron chi connectivity index (χ0n) is 11.0. The third-order valence-corrected chi connectivity index (χ3v) is 3.28. The van der Waals surface area contributed by atoms with E-state index in [-0.39, 0.29) is 11.9 Å². The SMILES string of the molecule is Cc1ccc(C(=O)NC(C)c2ncc(Cl)cc2Cl)cn1. The minimum Gasteiger partial charge on any atom is -0.344 e. The van der Waals surface area contributed by atoms with Gasteiger partial charge < -0.3 is 5.32 Å². The topological polar surface area (TPSA) is 54.9 Å². The van der Waals surface area contributed by atoms with Gasteiger partial charge in [0.05, 0.1) is 27.3 Å². The zero-order chi connectivity index (χ0) is 14.7. The normalized spacial score (nSPS) is 12.0. The highest BCUT2D eigenvalue weighted by Gasteiger charge is 2.15. The molecule has 4 nitrogen and oxygen atoms in total. The van der Waals surface area contributed by atoms with E-state index in [1.165, 1.54) is 12.4 Å². The van der Waals surface area contributed by atoms with Crippen molar-refractivity contribution in [3.05, 3.63) is 57.6 Å². The molecule has 104 valence electrons. The zero-order valence-corrected chi connectivity index (χ0v) is 12.5. The van der Waals surface area contributed by atoms with Crippen molar-refractivity contribution in [3.63, 3.8) is 0 Å². The first kappa shape index (κ1) is 14.8. The number of rotatable bonds is 3. The maximum atomic E-state index is 12.1. The number of hydrogen-bond acceptors (Lipinski definition) is 3. The fourth-order valence-corrected chi connectivity index (χ4v) is 2.24. The summed E-state index contributed by atoms with van der Waals surface area (Å²) in [5.41, 5.74) is 1.93. The predicted octanol–water partition coefficient (Wildman–Crippen LogP) is 3.58. The molecular formula is C14H13Cl2N3O. The van der Waals surface area contributed by atoms with Crippen LogP contribution in [-0.2, 0) is 0 Å². The van der Waals surface area contributed by atoms with E-state index in [0.717, 1.165) is 5.69 Å². The molecule has 0 radical (unpaired) electrons. The maximum Gasteiger partial charge on any atom is 0.253 e. The summed E-state index contributed by atoms with van der Waals surface area (Å²) in [6, 6.07) is 4.78. The number of nitrogens with zero attached hydrogens (tertiary/aromatic N) is 2. The van der Waals surface area contributed by atoms with Crippen LogP contribution in [0.25, 0.3) is 0 Å². The van der Waals surface area contributed by atoms with E-state index in [1.54, 1.807) is 18.2 Å². The molecule has 2 aromatic rings. The smallest absolute Gasteiger partial charge is 0.253 e. The second-order valence-corrected chi connectivity index (χ2v) is 5.25. The van der Waals surface area contributed by atoms with Gasteiger partial charge in [-0.2, -0.15) is 0 Å². The Bertz CT molecular complexity index is 629. The van der Waals surface area contributed by atoms with Crippen molar-refractivity contribution in [1.29, 1.82) is 0 Å². The van der Waals surface area contributed by atoms with Crippen LogP contribution >= 0.6 is 23.2 Å². The van der Waals surface area contributed by atoms with Crippen molar-refractivity contribution in [1.82, 2.24) is 15.3 Å². The van der Waals surface area contributed by atoms with Gasteiger partial charge in [-0.3, -0.25) is 14.8 Å². The van der Waals surface area contributed by atoms with Gasteiger partial charge in [-0.05, 0) is 32.0 Å². The Morgan fingerprint density at radius 3 is 2.60 bits per heavy atom. The van der Waals surface area contributed by atoms with Gasteiger partial charge in [0.2, 0.25) is 0 Å². The Labute approximate surface area is 127 Å². The van der Waals surface area contributed by atoms with Gasteiger partial charge in [-0.15, -0.1) is 0 Å². The first-order valence-corrected chi connectivity index (χ1v) is 6.77. The molecule has 2 heterocycles. The highest BCUT2D eigenvalue weighted by molar-refractivity contribution is 6.34. The number of hydrogen-bond donors (Lipinski definition) is 1. The van der Waals surface area contributed by atoms with Gasteiger partial charge in [-0.1, -0.05) is 23.2 Å². The second-order valence-electron chi connectivity index (χ2n) is 4.40. The van der Waals surface area contributed by atoms with Crippen molar-refractivity contribution < 1.29 is 4.79 Å². The molecule has 2 rings (SSSR count). The fourth-order valence-electron chi connectivity index (χ4n) is 1.69. The van der Waals surface area contributed by atoms with Crippen molar-refractivity contribution in [2.24, 2.45) is 0 Å². The second kappa shape index (κ2) is 6.20. The molecule has 0 aliphatic rings. The van der Waals surface area contributed by atoms with E-state index in [4.69, 9.17) is 23.2 Å². The minimum atomic E-state index is -0.325. The number of carbonyl (C=O) groups is 1.